The van der Waals surface area contributed by atoms with Crippen molar-refractivity contribution in [2.45, 2.75) is 26.3 Å². The Bertz CT molecular complexity index is 451. The molecule has 0 saturated heterocycles. The van der Waals surface area contributed by atoms with Crippen LogP contribution in [0.3, 0.4) is 0 Å². The van der Waals surface area contributed by atoms with Gasteiger partial charge in [0.1, 0.15) is 5.82 Å². The van der Waals surface area contributed by atoms with Crippen LogP contribution in [0.15, 0.2) is 24.3 Å². The molecule has 0 saturated carbocycles. The second kappa shape index (κ2) is 6.87. The smallest absolute Gasteiger partial charge is 0.179 e. The molecule has 0 aliphatic rings. The largest absolute Gasteiger partial charge is 0.293 e. The molecule has 0 aliphatic carbocycles. The molecule has 0 heterocycles. The van der Waals surface area contributed by atoms with E-state index in [0.717, 1.165) is 0 Å². The van der Waals surface area contributed by atoms with E-state index >= 15 is 0 Å². The summed E-state index contributed by atoms with van der Waals surface area (Å²) in [6.07, 6.45) is 0.364. The molecule has 96 valence electrons. The zero-order chi connectivity index (χ0) is 13.5. The predicted octanol–water partition coefficient (Wildman–Crippen LogP) is 2.63. The van der Waals surface area contributed by atoms with Crippen LogP contribution >= 0.6 is 0 Å². The Morgan fingerprint density at radius 2 is 2.11 bits per heavy atom. The Kier molecular flexibility index (Phi) is 5.47. The number of ketones is 1. The van der Waals surface area contributed by atoms with E-state index in [2.05, 4.69) is 6.07 Å². The molecule has 3 nitrogen and oxygen atoms in total. The SMILES string of the molecule is CC(C)N(CCC#N)CC(=O)c1ccccc1F. The second-order valence-corrected chi connectivity index (χ2v) is 4.38. The van der Waals surface area contributed by atoms with Gasteiger partial charge in [-0.1, -0.05) is 12.1 Å². The highest BCUT2D eigenvalue weighted by Crippen LogP contribution is 2.09. The minimum absolute atomic E-state index is 0.111. The summed E-state index contributed by atoms with van der Waals surface area (Å²) in [7, 11) is 0. The van der Waals surface area contributed by atoms with Gasteiger partial charge in [0.2, 0.25) is 0 Å². The van der Waals surface area contributed by atoms with E-state index in [9.17, 15) is 9.18 Å². The van der Waals surface area contributed by atoms with Gasteiger partial charge < -0.3 is 0 Å². The lowest BCUT2D eigenvalue weighted by atomic mass is 10.1. The first-order valence-electron chi connectivity index (χ1n) is 5.95. The monoisotopic (exact) mass is 248 g/mol. The van der Waals surface area contributed by atoms with Crippen molar-refractivity contribution in [2.75, 3.05) is 13.1 Å². The van der Waals surface area contributed by atoms with Gasteiger partial charge in [0.15, 0.2) is 5.78 Å². The fraction of sp³-hybridized carbons (Fsp3) is 0.429. The molecule has 0 aliphatic heterocycles. The molecule has 0 fully saturated rings. The first kappa shape index (κ1) is 14.3. The molecule has 0 atom stereocenters. The molecular formula is C14H17FN2O. The maximum atomic E-state index is 13.5. The van der Waals surface area contributed by atoms with Crippen molar-refractivity contribution in [2.24, 2.45) is 0 Å². The maximum Gasteiger partial charge on any atom is 0.179 e. The summed E-state index contributed by atoms with van der Waals surface area (Å²) in [4.78, 5) is 13.9. The molecule has 0 bridgehead atoms. The molecule has 0 N–H and O–H groups in total. The van der Waals surface area contributed by atoms with Crippen LogP contribution in [0.25, 0.3) is 0 Å². The van der Waals surface area contributed by atoms with Gasteiger partial charge in [-0.3, -0.25) is 9.69 Å². The van der Waals surface area contributed by atoms with Gasteiger partial charge in [0, 0.05) is 19.0 Å². The Balaban J connectivity index is 2.73. The van der Waals surface area contributed by atoms with E-state index < -0.39 is 5.82 Å². The van der Waals surface area contributed by atoms with Crippen molar-refractivity contribution in [1.82, 2.24) is 4.90 Å². The van der Waals surface area contributed by atoms with Crippen LogP contribution in [0.5, 0.6) is 0 Å². The van der Waals surface area contributed by atoms with E-state index in [1.807, 2.05) is 18.7 Å². The minimum Gasteiger partial charge on any atom is -0.293 e. The number of carbonyl (C=O) groups is 1. The summed E-state index contributed by atoms with van der Waals surface area (Å²) in [5, 5.41) is 8.57. The molecule has 4 heteroatoms. The topological polar surface area (TPSA) is 44.1 Å². The van der Waals surface area contributed by atoms with E-state index in [0.29, 0.717) is 13.0 Å². The van der Waals surface area contributed by atoms with Crippen molar-refractivity contribution in [1.29, 1.82) is 5.26 Å². The first-order chi connectivity index (χ1) is 8.56. The van der Waals surface area contributed by atoms with Crippen LogP contribution in [0.4, 0.5) is 4.39 Å². The van der Waals surface area contributed by atoms with Crippen LogP contribution < -0.4 is 0 Å². The number of halogens is 1. The second-order valence-electron chi connectivity index (χ2n) is 4.38. The van der Waals surface area contributed by atoms with Crippen LogP contribution in [0.1, 0.15) is 30.6 Å². The number of rotatable bonds is 6. The summed E-state index contributed by atoms with van der Waals surface area (Å²) >= 11 is 0. The van der Waals surface area contributed by atoms with Gasteiger partial charge >= 0.3 is 0 Å². The van der Waals surface area contributed by atoms with E-state index in [4.69, 9.17) is 5.26 Å². The van der Waals surface area contributed by atoms with Crippen molar-refractivity contribution in [3.8, 4) is 6.07 Å². The van der Waals surface area contributed by atoms with Crippen LogP contribution in [-0.4, -0.2) is 29.8 Å². The number of hydrogen-bond donors (Lipinski definition) is 0. The van der Waals surface area contributed by atoms with E-state index in [-0.39, 0.29) is 23.9 Å². The Labute approximate surface area is 107 Å². The summed E-state index contributed by atoms with van der Waals surface area (Å²) < 4.78 is 13.5. The molecule has 18 heavy (non-hydrogen) atoms. The fourth-order valence-corrected chi connectivity index (χ4v) is 1.67. The molecule has 0 radical (unpaired) electrons. The Morgan fingerprint density at radius 3 is 2.67 bits per heavy atom. The average Bonchev–Trinajstić information content (AvgIpc) is 2.34. The number of Topliss-reactive ketones (excluding diaryl/α,β-unsaturated/α-hetero) is 1. The Morgan fingerprint density at radius 1 is 1.44 bits per heavy atom. The third-order valence-corrected chi connectivity index (χ3v) is 2.76. The molecule has 0 unspecified atom stereocenters. The number of hydrogen-bond acceptors (Lipinski definition) is 3. The van der Waals surface area contributed by atoms with Crippen molar-refractivity contribution in [3.05, 3.63) is 35.6 Å². The number of carbonyl (C=O) groups excluding carboxylic acids is 1. The molecular weight excluding hydrogens is 231 g/mol. The lowest BCUT2D eigenvalue weighted by Crippen LogP contribution is -2.36. The van der Waals surface area contributed by atoms with Gasteiger partial charge in [-0.05, 0) is 26.0 Å². The zero-order valence-corrected chi connectivity index (χ0v) is 10.7. The number of nitriles is 1. The van der Waals surface area contributed by atoms with Crippen molar-refractivity contribution < 1.29 is 9.18 Å². The standard InChI is InChI=1S/C14H17FN2O/c1-11(2)17(9-5-8-16)10-14(18)12-6-3-4-7-13(12)15/h3-4,6-7,11H,5,9-10H2,1-2H3. The van der Waals surface area contributed by atoms with Gasteiger partial charge in [0.05, 0.1) is 18.2 Å². The Hall–Kier alpha value is -1.73. The molecule has 0 aromatic heterocycles. The van der Waals surface area contributed by atoms with Gasteiger partial charge in [0.25, 0.3) is 0 Å². The molecule has 0 amide bonds. The zero-order valence-electron chi connectivity index (χ0n) is 10.7. The fourth-order valence-electron chi connectivity index (χ4n) is 1.67. The summed E-state index contributed by atoms with van der Waals surface area (Å²) in [5.41, 5.74) is 0.111. The highest BCUT2D eigenvalue weighted by atomic mass is 19.1. The lowest BCUT2D eigenvalue weighted by Gasteiger charge is -2.24. The molecule has 1 rings (SSSR count). The number of nitrogens with zero attached hydrogens (tertiary/aromatic N) is 2. The highest BCUT2D eigenvalue weighted by molar-refractivity contribution is 5.97. The van der Waals surface area contributed by atoms with Crippen LogP contribution in [0, 0.1) is 17.1 Å². The number of benzene rings is 1. The molecule has 0 spiro atoms. The minimum atomic E-state index is -0.494. The van der Waals surface area contributed by atoms with Gasteiger partial charge in [-0.15, -0.1) is 0 Å². The average molecular weight is 248 g/mol. The third kappa shape index (κ3) is 3.94. The summed E-state index contributed by atoms with van der Waals surface area (Å²) in [6, 6.07) is 8.17. The quantitative estimate of drug-likeness (QED) is 0.727. The normalized spacial score (nSPS) is 10.7. The van der Waals surface area contributed by atoms with Gasteiger partial charge in [-0.25, -0.2) is 4.39 Å². The predicted molar refractivity (Wildman–Crippen MR) is 67.7 cm³/mol. The summed E-state index contributed by atoms with van der Waals surface area (Å²) in [5.74, 6) is -0.744. The lowest BCUT2D eigenvalue weighted by molar-refractivity contribution is 0.0904. The van der Waals surface area contributed by atoms with Gasteiger partial charge in [-0.2, -0.15) is 5.26 Å². The third-order valence-electron chi connectivity index (χ3n) is 2.76. The first-order valence-corrected chi connectivity index (χ1v) is 5.95. The van der Waals surface area contributed by atoms with E-state index in [1.54, 1.807) is 12.1 Å². The summed E-state index contributed by atoms with van der Waals surface area (Å²) in [6.45, 7) is 4.56. The van der Waals surface area contributed by atoms with Crippen LogP contribution in [-0.2, 0) is 0 Å². The molecule has 1 aromatic carbocycles. The molecule has 1 aromatic rings. The van der Waals surface area contributed by atoms with Crippen LogP contribution in [0.2, 0.25) is 0 Å². The van der Waals surface area contributed by atoms with E-state index in [1.165, 1.54) is 12.1 Å². The van der Waals surface area contributed by atoms with Crippen molar-refractivity contribution >= 4 is 5.78 Å². The maximum absolute atomic E-state index is 13.5. The van der Waals surface area contributed by atoms with Crippen molar-refractivity contribution in [3.63, 3.8) is 0 Å². The highest BCUT2D eigenvalue weighted by Gasteiger charge is 2.17.